The van der Waals surface area contributed by atoms with Crippen LogP contribution in [0.25, 0.3) is 11.1 Å². The third-order valence-electron chi connectivity index (χ3n) is 4.80. The molecule has 5 heteroatoms. The van der Waals surface area contributed by atoms with Gasteiger partial charge in [-0.25, -0.2) is 4.79 Å². The van der Waals surface area contributed by atoms with Crippen LogP contribution in [0, 0.1) is 0 Å². The Balaban J connectivity index is 1.64. The molecule has 0 saturated carbocycles. The van der Waals surface area contributed by atoms with Gasteiger partial charge in [-0.05, 0) is 29.2 Å². The first kappa shape index (κ1) is 20.1. The minimum absolute atomic E-state index is 0.111. The van der Waals surface area contributed by atoms with Crippen LogP contribution in [0.3, 0.4) is 0 Å². The Morgan fingerprint density at radius 3 is 1.90 bits per heavy atom. The summed E-state index contributed by atoms with van der Waals surface area (Å²) in [5.41, 5.74) is 9.40. The summed E-state index contributed by atoms with van der Waals surface area (Å²) in [7, 11) is 0. The smallest absolute Gasteiger partial charge is 0.312 e. The van der Waals surface area contributed by atoms with Gasteiger partial charge in [-0.1, -0.05) is 84.9 Å². The average molecular weight is 387 g/mol. The van der Waals surface area contributed by atoms with Crippen LogP contribution in [0.5, 0.6) is 0 Å². The molecule has 0 bridgehead atoms. The zero-order chi connectivity index (χ0) is 20.6. The molecule has 29 heavy (non-hydrogen) atoms. The highest BCUT2D eigenvalue weighted by atomic mass is 16.2. The van der Waals surface area contributed by atoms with E-state index < -0.39 is 12.1 Å². The summed E-state index contributed by atoms with van der Waals surface area (Å²) in [6.45, 7) is 1.94. The highest BCUT2D eigenvalue weighted by molar-refractivity contribution is 5.79. The molecule has 0 aliphatic rings. The highest BCUT2D eigenvalue weighted by Gasteiger charge is 2.19. The summed E-state index contributed by atoms with van der Waals surface area (Å²) >= 11 is 0. The standard InChI is InChI=1S/C24H25N3O2/c1-17(18-12-14-20(15-13-18)19-8-4-2-5-9-19)26-23(28)16-22(27-24(25)29)21-10-6-3-7-11-21/h2-15,17,22H,16H2,1H3,(H,26,28)(H3,25,27,29)/t17-,22+/m1/s1. The number of urea groups is 1. The van der Waals surface area contributed by atoms with Gasteiger partial charge in [0.05, 0.1) is 18.5 Å². The molecule has 0 heterocycles. The number of hydrogen-bond donors (Lipinski definition) is 3. The van der Waals surface area contributed by atoms with Crippen LogP contribution in [0.1, 0.15) is 36.6 Å². The molecule has 3 aromatic rings. The van der Waals surface area contributed by atoms with Gasteiger partial charge in [0.15, 0.2) is 0 Å². The Kier molecular flexibility index (Phi) is 6.63. The van der Waals surface area contributed by atoms with Gasteiger partial charge in [0, 0.05) is 0 Å². The van der Waals surface area contributed by atoms with Gasteiger partial charge in [0.2, 0.25) is 5.91 Å². The Bertz CT molecular complexity index is 941. The number of carbonyl (C=O) groups excluding carboxylic acids is 2. The summed E-state index contributed by atoms with van der Waals surface area (Å²) in [6, 6.07) is 26.3. The first-order valence-electron chi connectivity index (χ1n) is 9.58. The molecule has 0 spiro atoms. The number of amides is 3. The van der Waals surface area contributed by atoms with E-state index in [1.54, 1.807) is 0 Å². The van der Waals surface area contributed by atoms with Gasteiger partial charge in [-0.3, -0.25) is 4.79 Å². The van der Waals surface area contributed by atoms with Gasteiger partial charge < -0.3 is 16.4 Å². The molecule has 0 aliphatic carbocycles. The number of benzene rings is 3. The van der Waals surface area contributed by atoms with E-state index in [-0.39, 0.29) is 18.4 Å². The molecule has 3 aromatic carbocycles. The molecule has 5 nitrogen and oxygen atoms in total. The largest absolute Gasteiger partial charge is 0.352 e. The van der Waals surface area contributed by atoms with Crippen LogP contribution in [0.15, 0.2) is 84.9 Å². The monoisotopic (exact) mass is 387 g/mol. The Labute approximate surface area is 170 Å². The number of carbonyl (C=O) groups is 2. The van der Waals surface area contributed by atoms with Gasteiger partial charge in [0.1, 0.15) is 0 Å². The van der Waals surface area contributed by atoms with Gasteiger partial charge in [-0.2, -0.15) is 0 Å². The van der Waals surface area contributed by atoms with E-state index in [0.717, 1.165) is 22.3 Å². The van der Waals surface area contributed by atoms with Crippen molar-refractivity contribution < 1.29 is 9.59 Å². The lowest BCUT2D eigenvalue weighted by Gasteiger charge is -2.20. The lowest BCUT2D eigenvalue weighted by Crippen LogP contribution is -2.37. The summed E-state index contributed by atoms with van der Waals surface area (Å²) in [5, 5.41) is 5.64. The van der Waals surface area contributed by atoms with Crippen molar-refractivity contribution in [1.82, 2.24) is 10.6 Å². The van der Waals surface area contributed by atoms with E-state index in [1.807, 2.05) is 67.6 Å². The van der Waals surface area contributed by atoms with Crippen molar-refractivity contribution in [3.8, 4) is 11.1 Å². The van der Waals surface area contributed by atoms with E-state index in [2.05, 4.69) is 34.9 Å². The topological polar surface area (TPSA) is 84.2 Å². The molecule has 148 valence electrons. The molecule has 0 aromatic heterocycles. The fourth-order valence-corrected chi connectivity index (χ4v) is 3.27. The van der Waals surface area contributed by atoms with Crippen molar-refractivity contribution in [3.63, 3.8) is 0 Å². The minimum atomic E-state index is -0.656. The maximum absolute atomic E-state index is 12.6. The normalized spacial score (nSPS) is 12.6. The molecule has 0 aliphatic heterocycles. The lowest BCUT2D eigenvalue weighted by atomic mass is 10.0. The first-order chi connectivity index (χ1) is 14.0. The summed E-state index contributed by atoms with van der Waals surface area (Å²) in [6.07, 6.45) is 0.111. The zero-order valence-corrected chi connectivity index (χ0v) is 16.3. The number of nitrogens with one attached hydrogen (secondary N) is 2. The number of rotatable bonds is 7. The number of hydrogen-bond acceptors (Lipinski definition) is 2. The fraction of sp³-hybridized carbons (Fsp3) is 0.167. The van der Waals surface area contributed by atoms with Crippen LogP contribution in [0.4, 0.5) is 4.79 Å². The molecular formula is C24H25N3O2. The Hall–Kier alpha value is -3.60. The van der Waals surface area contributed by atoms with Gasteiger partial charge >= 0.3 is 6.03 Å². The number of nitrogens with two attached hydrogens (primary N) is 1. The SMILES string of the molecule is C[C@@H](NC(=O)C[C@H](NC(N)=O)c1ccccc1)c1ccc(-c2ccccc2)cc1. The van der Waals surface area contributed by atoms with Crippen molar-refractivity contribution in [2.24, 2.45) is 5.73 Å². The predicted octanol–water partition coefficient (Wildman–Crippen LogP) is 4.33. The molecule has 3 amide bonds. The summed E-state index contributed by atoms with van der Waals surface area (Å²) in [4.78, 5) is 23.9. The predicted molar refractivity (Wildman–Crippen MR) is 115 cm³/mol. The molecule has 0 radical (unpaired) electrons. The Morgan fingerprint density at radius 2 is 1.31 bits per heavy atom. The lowest BCUT2D eigenvalue weighted by molar-refractivity contribution is -0.122. The van der Waals surface area contributed by atoms with Crippen LogP contribution in [0.2, 0.25) is 0 Å². The van der Waals surface area contributed by atoms with Crippen molar-refractivity contribution in [2.45, 2.75) is 25.4 Å². The van der Waals surface area contributed by atoms with Crippen molar-refractivity contribution in [1.29, 1.82) is 0 Å². The molecule has 0 fully saturated rings. The molecule has 3 rings (SSSR count). The molecule has 0 unspecified atom stereocenters. The van der Waals surface area contributed by atoms with Crippen LogP contribution in [-0.2, 0) is 4.79 Å². The van der Waals surface area contributed by atoms with E-state index in [0.29, 0.717) is 0 Å². The third kappa shape index (κ3) is 5.69. The maximum atomic E-state index is 12.6. The third-order valence-corrected chi connectivity index (χ3v) is 4.80. The summed E-state index contributed by atoms with van der Waals surface area (Å²) in [5.74, 6) is -0.160. The Morgan fingerprint density at radius 1 is 0.759 bits per heavy atom. The second-order valence-corrected chi connectivity index (χ2v) is 6.95. The van der Waals surface area contributed by atoms with E-state index in [4.69, 9.17) is 5.73 Å². The van der Waals surface area contributed by atoms with Gasteiger partial charge in [0.25, 0.3) is 0 Å². The van der Waals surface area contributed by atoms with Crippen LogP contribution >= 0.6 is 0 Å². The zero-order valence-electron chi connectivity index (χ0n) is 16.3. The minimum Gasteiger partial charge on any atom is -0.352 e. The second-order valence-electron chi connectivity index (χ2n) is 6.95. The van der Waals surface area contributed by atoms with Gasteiger partial charge in [-0.15, -0.1) is 0 Å². The summed E-state index contributed by atoms with van der Waals surface area (Å²) < 4.78 is 0. The quantitative estimate of drug-likeness (QED) is 0.564. The maximum Gasteiger partial charge on any atom is 0.312 e. The molecular weight excluding hydrogens is 362 g/mol. The van der Waals surface area contributed by atoms with E-state index in [1.165, 1.54) is 0 Å². The van der Waals surface area contributed by atoms with Crippen molar-refractivity contribution in [3.05, 3.63) is 96.1 Å². The molecule has 0 saturated heterocycles. The first-order valence-corrected chi connectivity index (χ1v) is 9.58. The van der Waals surface area contributed by atoms with Crippen LogP contribution in [-0.4, -0.2) is 11.9 Å². The fourth-order valence-electron chi connectivity index (χ4n) is 3.27. The number of primary amides is 1. The van der Waals surface area contributed by atoms with E-state index in [9.17, 15) is 9.59 Å². The molecule has 4 N–H and O–H groups in total. The average Bonchev–Trinajstić information content (AvgIpc) is 2.74. The van der Waals surface area contributed by atoms with Crippen molar-refractivity contribution >= 4 is 11.9 Å². The molecule has 2 atom stereocenters. The van der Waals surface area contributed by atoms with Crippen molar-refractivity contribution in [2.75, 3.05) is 0 Å². The van der Waals surface area contributed by atoms with Crippen LogP contribution < -0.4 is 16.4 Å². The van der Waals surface area contributed by atoms with E-state index >= 15 is 0 Å². The highest BCUT2D eigenvalue weighted by Crippen LogP contribution is 2.22. The second kappa shape index (κ2) is 9.55.